The molecule has 6 nitrogen and oxygen atoms in total. The van der Waals surface area contributed by atoms with Crippen molar-refractivity contribution < 1.29 is 0 Å². The van der Waals surface area contributed by atoms with Gasteiger partial charge in [-0.25, -0.2) is 15.0 Å². The molecule has 1 saturated heterocycles. The summed E-state index contributed by atoms with van der Waals surface area (Å²) >= 11 is 5.96. The summed E-state index contributed by atoms with van der Waals surface area (Å²) in [6.07, 6.45) is 5.66. The van der Waals surface area contributed by atoms with Crippen LogP contribution in [0.4, 0.5) is 5.95 Å². The van der Waals surface area contributed by atoms with Gasteiger partial charge < -0.3 is 15.5 Å². The number of hydrogen-bond acceptors (Lipinski definition) is 4. The van der Waals surface area contributed by atoms with Crippen LogP contribution in [0.2, 0.25) is 5.02 Å². The molecule has 0 atom stereocenters. The zero-order valence-corrected chi connectivity index (χ0v) is 15.4. The molecule has 0 radical (unpaired) electrons. The van der Waals surface area contributed by atoms with Crippen LogP contribution in [0.3, 0.4) is 0 Å². The first-order chi connectivity index (χ1) is 12.7. The van der Waals surface area contributed by atoms with Gasteiger partial charge in [-0.2, -0.15) is 0 Å². The highest BCUT2D eigenvalue weighted by molar-refractivity contribution is 6.30. The van der Waals surface area contributed by atoms with Gasteiger partial charge >= 0.3 is 0 Å². The van der Waals surface area contributed by atoms with E-state index in [4.69, 9.17) is 22.3 Å². The van der Waals surface area contributed by atoms with Crippen LogP contribution < -0.4 is 10.6 Å². The average molecular weight is 371 g/mol. The molecule has 1 saturated carbocycles. The van der Waals surface area contributed by atoms with Crippen LogP contribution in [0, 0.1) is 0 Å². The third-order valence-electron chi connectivity index (χ3n) is 5.21. The third kappa shape index (κ3) is 3.75. The molecular formula is C19H23ClN6. The quantitative estimate of drug-likeness (QED) is 0.664. The number of halogens is 1. The summed E-state index contributed by atoms with van der Waals surface area (Å²) in [6, 6.07) is 10.3. The number of piperazine rings is 1. The van der Waals surface area contributed by atoms with Gasteiger partial charge in [0.2, 0.25) is 5.95 Å². The highest BCUT2D eigenvalue weighted by Crippen LogP contribution is 2.39. The first-order valence-electron chi connectivity index (χ1n) is 9.04. The minimum Gasteiger partial charge on any atom is -0.370 e. The number of benzene rings is 1. The molecule has 1 aromatic carbocycles. The molecule has 26 heavy (non-hydrogen) atoms. The Labute approximate surface area is 158 Å². The van der Waals surface area contributed by atoms with Gasteiger partial charge in [-0.15, -0.1) is 0 Å². The number of guanidine groups is 1. The summed E-state index contributed by atoms with van der Waals surface area (Å²) < 4.78 is 0. The van der Waals surface area contributed by atoms with Crippen molar-refractivity contribution in [1.29, 1.82) is 0 Å². The second-order valence-electron chi connectivity index (χ2n) is 6.88. The second kappa shape index (κ2) is 7.50. The number of anilines is 1. The van der Waals surface area contributed by atoms with Gasteiger partial charge in [-0.1, -0.05) is 23.7 Å². The molecule has 0 bridgehead atoms. The van der Waals surface area contributed by atoms with Gasteiger partial charge in [0.25, 0.3) is 0 Å². The molecule has 2 N–H and O–H groups in total. The van der Waals surface area contributed by atoms with E-state index in [2.05, 4.69) is 31.9 Å². The first-order valence-corrected chi connectivity index (χ1v) is 9.42. The molecule has 2 fully saturated rings. The fourth-order valence-corrected chi connectivity index (χ4v) is 3.69. The van der Waals surface area contributed by atoms with E-state index in [0.29, 0.717) is 17.9 Å². The summed E-state index contributed by atoms with van der Waals surface area (Å²) in [5.41, 5.74) is 7.60. The molecular weight excluding hydrogens is 348 g/mol. The van der Waals surface area contributed by atoms with Crippen molar-refractivity contribution in [3.8, 4) is 0 Å². The van der Waals surface area contributed by atoms with E-state index in [1.54, 1.807) is 12.4 Å². The maximum atomic E-state index is 6.26. The molecule has 136 valence electrons. The Morgan fingerprint density at radius 2 is 1.69 bits per heavy atom. The maximum Gasteiger partial charge on any atom is 0.225 e. The lowest BCUT2D eigenvalue weighted by Crippen LogP contribution is -2.52. The van der Waals surface area contributed by atoms with E-state index < -0.39 is 0 Å². The maximum absolute atomic E-state index is 6.26. The number of aromatic nitrogens is 2. The van der Waals surface area contributed by atoms with E-state index in [1.807, 2.05) is 18.2 Å². The van der Waals surface area contributed by atoms with Gasteiger partial charge in [-0.3, -0.25) is 0 Å². The van der Waals surface area contributed by atoms with Crippen molar-refractivity contribution in [2.75, 3.05) is 31.1 Å². The van der Waals surface area contributed by atoms with Crippen molar-refractivity contribution in [2.45, 2.75) is 24.8 Å². The Bertz CT molecular complexity index is 749. The van der Waals surface area contributed by atoms with Gasteiger partial charge in [0.05, 0.1) is 6.04 Å². The van der Waals surface area contributed by atoms with E-state index in [1.165, 1.54) is 5.56 Å². The van der Waals surface area contributed by atoms with E-state index in [9.17, 15) is 0 Å². The van der Waals surface area contributed by atoms with Gasteiger partial charge in [0, 0.05) is 43.6 Å². The molecule has 0 amide bonds. The number of hydrogen-bond donors (Lipinski definition) is 1. The molecule has 2 heterocycles. The topological polar surface area (TPSA) is 70.6 Å². The summed E-state index contributed by atoms with van der Waals surface area (Å²) in [5, 5.41) is 0.784. The Morgan fingerprint density at radius 1 is 1.04 bits per heavy atom. The Hall–Kier alpha value is -2.34. The minimum atomic E-state index is 0.325. The van der Waals surface area contributed by atoms with E-state index >= 15 is 0 Å². The highest BCUT2D eigenvalue weighted by atomic mass is 35.5. The molecule has 0 unspecified atom stereocenters. The lowest BCUT2D eigenvalue weighted by Gasteiger charge is -2.37. The van der Waals surface area contributed by atoms with Crippen molar-refractivity contribution >= 4 is 23.5 Å². The first kappa shape index (κ1) is 17.1. The van der Waals surface area contributed by atoms with Crippen molar-refractivity contribution in [2.24, 2.45) is 10.7 Å². The molecule has 1 aromatic heterocycles. The van der Waals surface area contributed by atoms with Crippen molar-refractivity contribution in [3.05, 3.63) is 53.3 Å². The second-order valence-corrected chi connectivity index (χ2v) is 7.32. The van der Waals surface area contributed by atoms with Crippen LogP contribution in [-0.4, -0.2) is 53.0 Å². The van der Waals surface area contributed by atoms with Crippen LogP contribution in [0.25, 0.3) is 0 Å². The average Bonchev–Trinajstić information content (AvgIpc) is 2.66. The van der Waals surface area contributed by atoms with E-state index in [-0.39, 0.29) is 0 Å². The third-order valence-corrected chi connectivity index (χ3v) is 5.46. The van der Waals surface area contributed by atoms with E-state index in [0.717, 1.165) is 50.0 Å². The standard InChI is InChI=1S/C19H23ClN6/c20-16-4-2-14(3-5-16)15-12-17(13-15)24-18(21)25-8-10-26(11-9-25)19-22-6-1-7-23-19/h1-7,15,17H,8-13H2,(H2,21,24). The zero-order valence-electron chi connectivity index (χ0n) is 14.6. The van der Waals surface area contributed by atoms with Crippen LogP contribution in [0.1, 0.15) is 24.3 Å². The molecule has 4 rings (SSSR count). The van der Waals surface area contributed by atoms with Crippen LogP contribution in [0.5, 0.6) is 0 Å². The number of nitrogens with two attached hydrogens (primary N) is 1. The predicted octanol–water partition coefficient (Wildman–Crippen LogP) is 2.51. The number of nitrogens with zero attached hydrogens (tertiary/aromatic N) is 5. The summed E-state index contributed by atoms with van der Waals surface area (Å²) in [4.78, 5) is 17.7. The zero-order chi connectivity index (χ0) is 17.9. The SMILES string of the molecule is NC(=NC1CC(c2ccc(Cl)cc2)C1)N1CCN(c2ncccn2)CC1. The Kier molecular flexibility index (Phi) is 4.93. The molecule has 2 aliphatic rings. The lowest BCUT2D eigenvalue weighted by atomic mass is 9.76. The monoisotopic (exact) mass is 370 g/mol. The fraction of sp³-hybridized carbons (Fsp3) is 0.421. The van der Waals surface area contributed by atoms with Crippen molar-refractivity contribution in [3.63, 3.8) is 0 Å². The van der Waals surface area contributed by atoms with Crippen LogP contribution >= 0.6 is 11.6 Å². The predicted molar refractivity (Wildman–Crippen MR) is 105 cm³/mol. The van der Waals surface area contributed by atoms with Crippen molar-refractivity contribution in [1.82, 2.24) is 14.9 Å². The number of rotatable bonds is 3. The van der Waals surface area contributed by atoms with Gasteiger partial charge in [0.1, 0.15) is 0 Å². The molecule has 0 spiro atoms. The largest absolute Gasteiger partial charge is 0.370 e. The highest BCUT2D eigenvalue weighted by Gasteiger charge is 2.31. The summed E-state index contributed by atoms with van der Waals surface area (Å²) in [5.74, 6) is 2.02. The summed E-state index contributed by atoms with van der Waals surface area (Å²) in [6.45, 7) is 3.42. The summed E-state index contributed by atoms with van der Waals surface area (Å²) in [7, 11) is 0. The Balaban J connectivity index is 1.28. The molecule has 1 aliphatic carbocycles. The van der Waals surface area contributed by atoms with Gasteiger partial charge in [-0.05, 0) is 42.5 Å². The van der Waals surface area contributed by atoms with Crippen LogP contribution in [0.15, 0.2) is 47.7 Å². The Morgan fingerprint density at radius 3 is 2.35 bits per heavy atom. The normalized spacial score (nSPS) is 23.7. The lowest BCUT2D eigenvalue weighted by molar-refractivity contribution is 0.336. The fourth-order valence-electron chi connectivity index (χ4n) is 3.56. The smallest absolute Gasteiger partial charge is 0.225 e. The molecule has 1 aliphatic heterocycles. The van der Waals surface area contributed by atoms with Gasteiger partial charge in [0.15, 0.2) is 5.96 Å². The molecule has 2 aromatic rings. The molecule has 7 heteroatoms. The van der Waals surface area contributed by atoms with Crippen LogP contribution in [-0.2, 0) is 0 Å². The number of aliphatic imine (C=N–C) groups is 1. The minimum absolute atomic E-state index is 0.325.